The second-order valence-corrected chi connectivity index (χ2v) is 4.66. The van der Waals surface area contributed by atoms with E-state index in [2.05, 4.69) is 15.9 Å². The van der Waals surface area contributed by atoms with Crippen molar-refractivity contribution in [2.75, 3.05) is 0 Å². The van der Waals surface area contributed by atoms with Gasteiger partial charge in [0.1, 0.15) is 5.38 Å². The fourth-order valence-corrected chi connectivity index (χ4v) is 1.76. The summed E-state index contributed by atoms with van der Waals surface area (Å²) in [7, 11) is 0. The number of rotatable bonds is 3. The number of alkyl halides is 1. The van der Waals surface area contributed by atoms with Crippen LogP contribution in [0.2, 0.25) is 5.02 Å². The standard InChI is InChI=1S/C9H8BrCl2NO/c10-6-1-2-7(11)5(3-6)4-8(12)9(13)14/h1-3,8H,4H2,(H2,13,14). The van der Waals surface area contributed by atoms with Gasteiger partial charge in [0.05, 0.1) is 0 Å². The van der Waals surface area contributed by atoms with Crippen molar-refractivity contribution in [1.29, 1.82) is 0 Å². The van der Waals surface area contributed by atoms with Gasteiger partial charge in [-0.05, 0) is 30.2 Å². The molecule has 1 rings (SSSR count). The number of halogens is 3. The molecule has 1 unspecified atom stereocenters. The molecule has 0 aliphatic heterocycles. The van der Waals surface area contributed by atoms with Crippen molar-refractivity contribution < 1.29 is 4.79 Å². The Hall–Kier alpha value is -0.250. The maximum atomic E-state index is 10.7. The molecule has 1 atom stereocenters. The van der Waals surface area contributed by atoms with Crippen molar-refractivity contribution in [3.05, 3.63) is 33.3 Å². The number of hydrogen-bond acceptors (Lipinski definition) is 1. The predicted octanol–water partition coefficient (Wildman–Crippen LogP) is 2.74. The van der Waals surface area contributed by atoms with Crippen molar-refractivity contribution in [2.45, 2.75) is 11.8 Å². The maximum Gasteiger partial charge on any atom is 0.235 e. The first-order valence-electron chi connectivity index (χ1n) is 3.88. The molecule has 0 saturated heterocycles. The lowest BCUT2D eigenvalue weighted by Crippen LogP contribution is -2.25. The third-order valence-electron chi connectivity index (χ3n) is 1.72. The monoisotopic (exact) mass is 295 g/mol. The molecule has 0 aliphatic carbocycles. The molecular formula is C9H8BrCl2NO. The Balaban J connectivity index is 2.85. The van der Waals surface area contributed by atoms with E-state index in [-0.39, 0.29) is 0 Å². The van der Waals surface area contributed by atoms with Crippen molar-refractivity contribution in [2.24, 2.45) is 5.73 Å². The summed E-state index contributed by atoms with van der Waals surface area (Å²) in [5.74, 6) is -0.539. The van der Waals surface area contributed by atoms with Gasteiger partial charge in [0, 0.05) is 9.50 Å². The number of hydrogen-bond donors (Lipinski definition) is 1. The Morgan fingerprint density at radius 1 is 1.57 bits per heavy atom. The second kappa shape index (κ2) is 5.01. The minimum absolute atomic E-state index is 0.342. The van der Waals surface area contributed by atoms with Crippen LogP contribution in [0, 0.1) is 0 Å². The third-order valence-corrected chi connectivity index (χ3v) is 2.95. The van der Waals surface area contributed by atoms with Gasteiger partial charge in [-0.1, -0.05) is 27.5 Å². The van der Waals surface area contributed by atoms with Gasteiger partial charge in [0.15, 0.2) is 0 Å². The van der Waals surface area contributed by atoms with Gasteiger partial charge >= 0.3 is 0 Å². The van der Waals surface area contributed by atoms with Gasteiger partial charge in [-0.25, -0.2) is 0 Å². The molecule has 14 heavy (non-hydrogen) atoms. The van der Waals surface area contributed by atoms with E-state index in [0.29, 0.717) is 11.4 Å². The Labute approximate surface area is 101 Å². The summed E-state index contributed by atoms with van der Waals surface area (Å²) in [6.45, 7) is 0. The second-order valence-electron chi connectivity index (χ2n) is 2.81. The van der Waals surface area contributed by atoms with Crippen LogP contribution in [0.25, 0.3) is 0 Å². The predicted molar refractivity (Wildman–Crippen MR) is 61.7 cm³/mol. The summed E-state index contributed by atoms with van der Waals surface area (Å²) in [5.41, 5.74) is 5.85. The van der Waals surface area contributed by atoms with Gasteiger partial charge in [0.2, 0.25) is 5.91 Å². The minimum atomic E-state index is -0.721. The number of benzene rings is 1. The zero-order chi connectivity index (χ0) is 10.7. The molecule has 1 aromatic rings. The summed E-state index contributed by atoms with van der Waals surface area (Å²) in [6.07, 6.45) is 0.342. The highest BCUT2D eigenvalue weighted by Crippen LogP contribution is 2.23. The molecule has 0 aromatic heterocycles. The van der Waals surface area contributed by atoms with Crippen molar-refractivity contribution in [1.82, 2.24) is 0 Å². The smallest absolute Gasteiger partial charge is 0.235 e. The Morgan fingerprint density at radius 2 is 2.21 bits per heavy atom. The molecule has 5 heteroatoms. The lowest BCUT2D eigenvalue weighted by molar-refractivity contribution is -0.117. The summed E-state index contributed by atoms with van der Waals surface area (Å²) in [6, 6.07) is 5.38. The number of primary amides is 1. The molecule has 0 radical (unpaired) electrons. The highest BCUT2D eigenvalue weighted by atomic mass is 79.9. The zero-order valence-corrected chi connectivity index (χ0v) is 10.2. The summed E-state index contributed by atoms with van der Waals surface area (Å²) >= 11 is 14.9. The fraction of sp³-hybridized carbons (Fsp3) is 0.222. The molecule has 1 aromatic carbocycles. The Kier molecular flexibility index (Phi) is 4.23. The topological polar surface area (TPSA) is 43.1 Å². The van der Waals surface area contributed by atoms with Crippen LogP contribution in [0.1, 0.15) is 5.56 Å². The number of amides is 1. The Morgan fingerprint density at radius 3 is 2.79 bits per heavy atom. The molecule has 1 amide bonds. The first kappa shape index (κ1) is 11.8. The third kappa shape index (κ3) is 3.15. The molecular weight excluding hydrogens is 289 g/mol. The summed E-state index contributed by atoms with van der Waals surface area (Å²) in [4.78, 5) is 10.7. The van der Waals surface area contributed by atoms with E-state index >= 15 is 0 Å². The van der Waals surface area contributed by atoms with Gasteiger partial charge in [0.25, 0.3) is 0 Å². The average Bonchev–Trinajstić information content (AvgIpc) is 2.11. The molecule has 2 nitrogen and oxygen atoms in total. The molecule has 0 aliphatic rings. The highest BCUT2D eigenvalue weighted by Gasteiger charge is 2.14. The molecule has 76 valence electrons. The van der Waals surface area contributed by atoms with Gasteiger partial charge in [-0.15, -0.1) is 11.6 Å². The minimum Gasteiger partial charge on any atom is -0.368 e. The van der Waals surface area contributed by atoms with Crippen LogP contribution in [0.5, 0.6) is 0 Å². The van der Waals surface area contributed by atoms with Crippen LogP contribution >= 0.6 is 39.1 Å². The number of carbonyl (C=O) groups excluding carboxylic acids is 1. The van der Waals surface area contributed by atoms with Gasteiger partial charge in [-0.2, -0.15) is 0 Å². The van der Waals surface area contributed by atoms with Crippen LogP contribution in [0.4, 0.5) is 0 Å². The van der Waals surface area contributed by atoms with Gasteiger partial charge in [-0.3, -0.25) is 4.79 Å². The van der Waals surface area contributed by atoms with Crippen LogP contribution in [-0.4, -0.2) is 11.3 Å². The normalized spacial score (nSPS) is 12.5. The summed E-state index contributed by atoms with van der Waals surface area (Å²) in [5, 5.41) is -0.137. The SMILES string of the molecule is NC(=O)C(Cl)Cc1cc(Br)ccc1Cl. The molecule has 0 saturated carbocycles. The Bertz CT molecular complexity index is 357. The quantitative estimate of drug-likeness (QED) is 0.856. The van der Waals surface area contributed by atoms with Crippen molar-refractivity contribution >= 4 is 45.0 Å². The lowest BCUT2D eigenvalue weighted by Gasteiger charge is -2.07. The molecule has 0 spiro atoms. The number of carbonyl (C=O) groups is 1. The molecule has 0 bridgehead atoms. The first-order chi connectivity index (χ1) is 6.50. The van der Waals surface area contributed by atoms with Crippen LogP contribution in [-0.2, 0) is 11.2 Å². The van der Waals surface area contributed by atoms with E-state index in [1.54, 1.807) is 6.07 Å². The van der Waals surface area contributed by atoms with Crippen LogP contribution in [0.15, 0.2) is 22.7 Å². The first-order valence-corrected chi connectivity index (χ1v) is 5.48. The van der Waals surface area contributed by atoms with E-state index in [0.717, 1.165) is 10.0 Å². The average molecular weight is 297 g/mol. The highest BCUT2D eigenvalue weighted by molar-refractivity contribution is 9.10. The molecule has 0 heterocycles. The molecule has 2 N–H and O–H groups in total. The van der Waals surface area contributed by atoms with Gasteiger partial charge < -0.3 is 5.73 Å². The van der Waals surface area contributed by atoms with Crippen LogP contribution < -0.4 is 5.73 Å². The van der Waals surface area contributed by atoms with E-state index in [1.807, 2.05) is 12.1 Å². The van der Waals surface area contributed by atoms with Crippen molar-refractivity contribution in [3.63, 3.8) is 0 Å². The van der Waals surface area contributed by atoms with E-state index in [9.17, 15) is 4.79 Å². The van der Waals surface area contributed by atoms with E-state index < -0.39 is 11.3 Å². The lowest BCUT2D eigenvalue weighted by atomic mass is 10.1. The fourth-order valence-electron chi connectivity index (χ4n) is 0.993. The van der Waals surface area contributed by atoms with E-state index in [1.165, 1.54) is 0 Å². The number of nitrogens with two attached hydrogens (primary N) is 1. The largest absolute Gasteiger partial charge is 0.368 e. The maximum absolute atomic E-state index is 10.7. The summed E-state index contributed by atoms with van der Waals surface area (Å²) < 4.78 is 0.894. The van der Waals surface area contributed by atoms with Crippen molar-refractivity contribution in [3.8, 4) is 0 Å². The van der Waals surface area contributed by atoms with E-state index in [4.69, 9.17) is 28.9 Å². The molecule has 0 fully saturated rings. The van der Waals surface area contributed by atoms with Crippen LogP contribution in [0.3, 0.4) is 0 Å². The zero-order valence-electron chi connectivity index (χ0n) is 7.14.